The third-order valence-electron chi connectivity index (χ3n) is 4.46. The maximum absolute atomic E-state index is 12.5. The second kappa shape index (κ2) is 8.49. The molecule has 0 N–H and O–H groups in total. The van der Waals surface area contributed by atoms with Gasteiger partial charge in [-0.25, -0.2) is 8.42 Å². The number of rotatable bonds is 6. The Morgan fingerprint density at radius 3 is 2.42 bits per heavy atom. The Morgan fingerprint density at radius 1 is 1.00 bits per heavy atom. The largest absolute Gasteiger partial charge is 0.497 e. The molecule has 5 nitrogen and oxygen atoms in total. The van der Waals surface area contributed by atoms with Crippen LogP contribution < -0.4 is 4.74 Å². The van der Waals surface area contributed by atoms with Crippen molar-refractivity contribution < 1.29 is 13.2 Å². The van der Waals surface area contributed by atoms with Crippen LogP contribution in [0.25, 0.3) is 6.08 Å². The van der Waals surface area contributed by atoms with Gasteiger partial charge in [0.25, 0.3) is 0 Å². The number of benzene rings is 2. The van der Waals surface area contributed by atoms with Crippen molar-refractivity contribution in [3.63, 3.8) is 0 Å². The van der Waals surface area contributed by atoms with Crippen molar-refractivity contribution in [2.75, 3.05) is 33.3 Å². The van der Waals surface area contributed by atoms with Crippen LogP contribution in [-0.2, 0) is 16.6 Å². The number of piperazine rings is 1. The summed E-state index contributed by atoms with van der Waals surface area (Å²) in [5, 5.41) is 1.31. The zero-order chi connectivity index (χ0) is 18.4. The van der Waals surface area contributed by atoms with Gasteiger partial charge in [0.1, 0.15) is 5.75 Å². The molecule has 3 rings (SSSR count). The molecule has 0 atom stereocenters. The Kier molecular flexibility index (Phi) is 6.08. The molecule has 0 aliphatic carbocycles. The number of nitrogens with zero attached hydrogens (tertiary/aromatic N) is 2. The lowest BCUT2D eigenvalue weighted by Crippen LogP contribution is -2.47. The summed E-state index contributed by atoms with van der Waals surface area (Å²) in [6, 6.07) is 17.5. The van der Waals surface area contributed by atoms with Crippen LogP contribution in [0.2, 0.25) is 0 Å². The smallest absolute Gasteiger partial charge is 0.236 e. The van der Waals surface area contributed by atoms with Crippen LogP contribution in [0, 0.1) is 0 Å². The predicted molar refractivity (Wildman–Crippen MR) is 104 cm³/mol. The minimum absolute atomic E-state index is 0.505. The Morgan fingerprint density at radius 2 is 1.73 bits per heavy atom. The van der Waals surface area contributed by atoms with Crippen molar-refractivity contribution in [2.24, 2.45) is 0 Å². The summed E-state index contributed by atoms with van der Waals surface area (Å²) in [5.74, 6) is 0.842. The first kappa shape index (κ1) is 18.6. The average molecular weight is 372 g/mol. The topological polar surface area (TPSA) is 49.9 Å². The number of hydrogen-bond donors (Lipinski definition) is 0. The quantitative estimate of drug-likeness (QED) is 0.782. The molecule has 1 saturated heterocycles. The highest BCUT2D eigenvalue weighted by Gasteiger charge is 2.24. The predicted octanol–water partition coefficient (Wildman–Crippen LogP) is 2.81. The van der Waals surface area contributed by atoms with E-state index in [9.17, 15) is 8.42 Å². The lowest BCUT2D eigenvalue weighted by atomic mass is 10.2. The highest BCUT2D eigenvalue weighted by atomic mass is 32.2. The molecule has 26 heavy (non-hydrogen) atoms. The molecule has 1 aliphatic rings. The zero-order valence-electron chi connectivity index (χ0n) is 14.9. The zero-order valence-corrected chi connectivity index (χ0v) is 15.7. The van der Waals surface area contributed by atoms with E-state index >= 15 is 0 Å². The molecule has 0 unspecified atom stereocenters. The Bertz CT molecular complexity index is 842. The van der Waals surface area contributed by atoms with Gasteiger partial charge in [-0.3, -0.25) is 4.90 Å². The van der Waals surface area contributed by atoms with Crippen LogP contribution in [0.15, 0.2) is 60.0 Å². The monoisotopic (exact) mass is 372 g/mol. The highest BCUT2D eigenvalue weighted by molar-refractivity contribution is 7.92. The number of hydrogen-bond acceptors (Lipinski definition) is 4. The SMILES string of the molecule is COc1cccc(CN2CCN(S(=O)(=O)/C=C/c3ccccc3)CC2)c1. The van der Waals surface area contributed by atoms with Crippen molar-refractivity contribution in [1.82, 2.24) is 9.21 Å². The molecule has 1 fully saturated rings. The molecule has 2 aromatic rings. The van der Waals surface area contributed by atoms with Crippen LogP contribution in [0.5, 0.6) is 5.75 Å². The summed E-state index contributed by atoms with van der Waals surface area (Å²) in [4.78, 5) is 2.27. The molecule has 1 aliphatic heterocycles. The first-order valence-electron chi connectivity index (χ1n) is 8.65. The third-order valence-corrected chi connectivity index (χ3v) is 6.03. The molecule has 0 bridgehead atoms. The molecular formula is C20H24N2O3S. The molecule has 0 spiro atoms. The normalized spacial score (nSPS) is 16.8. The van der Waals surface area contributed by atoms with Gasteiger partial charge in [-0.15, -0.1) is 0 Å². The maximum atomic E-state index is 12.5. The maximum Gasteiger partial charge on any atom is 0.236 e. The summed E-state index contributed by atoms with van der Waals surface area (Å²) in [6.45, 7) is 3.24. The molecule has 2 aromatic carbocycles. The summed E-state index contributed by atoms with van der Waals surface area (Å²) in [6.07, 6.45) is 1.65. The molecular weight excluding hydrogens is 348 g/mol. The lowest BCUT2D eigenvalue weighted by Gasteiger charge is -2.33. The molecule has 0 amide bonds. The Labute approximate surface area is 155 Å². The van der Waals surface area contributed by atoms with Crippen molar-refractivity contribution in [1.29, 1.82) is 0 Å². The van der Waals surface area contributed by atoms with Crippen LogP contribution in [-0.4, -0.2) is 50.9 Å². The van der Waals surface area contributed by atoms with Gasteiger partial charge in [-0.1, -0.05) is 42.5 Å². The summed E-state index contributed by atoms with van der Waals surface area (Å²) in [5.41, 5.74) is 2.05. The molecule has 138 valence electrons. The molecule has 6 heteroatoms. The number of methoxy groups -OCH3 is 1. The van der Waals surface area contributed by atoms with E-state index < -0.39 is 10.0 Å². The Balaban J connectivity index is 1.56. The average Bonchev–Trinajstić information content (AvgIpc) is 2.68. The standard InChI is InChI=1S/C20H24N2O3S/c1-25-20-9-5-8-19(16-20)17-21-11-13-22(14-12-21)26(23,24)15-10-18-6-3-2-4-7-18/h2-10,15-16H,11-14,17H2,1H3/b15-10+. The van der Waals surface area contributed by atoms with E-state index in [1.807, 2.05) is 48.5 Å². The second-order valence-electron chi connectivity index (χ2n) is 6.29. The van der Waals surface area contributed by atoms with Crippen LogP contribution in [0.3, 0.4) is 0 Å². The fraction of sp³-hybridized carbons (Fsp3) is 0.300. The molecule has 0 radical (unpaired) electrons. The van der Waals surface area contributed by atoms with Crippen LogP contribution >= 0.6 is 0 Å². The van der Waals surface area contributed by atoms with Crippen molar-refractivity contribution in [2.45, 2.75) is 6.54 Å². The Hall–Kier alpha value is -2.15. The van der Waals surface area contributed by atoms with Gasteiger partial charge < -0.3 is 4.74 Å². The van der Waals surface area contributed by atoms with E-state index in [1.54, 1.807) is 17.5 Å². The van der Waals surface area contributed by atoms with E-state index in [1.165, 1.54) is 11.0 Å². The van der Waals surface area contributed by atoms with E-state index in [0.717, 1.165) is 30.9 Å². The fourth-order valence-corrected chi connectivity index (χ4v) is 4.16. The summed E-state index contributed by atoms with van der Waals surface area (Å²) < 4.78 is 31.8. The summed E-state index contributed by atoms with van der Waals surface area (Å²) in [7, 11) is -1.72. The van der Waals surface area contributed by atoms with Crippen LogP contribution in [0.1, 0.15) is 11.1 Å². The summed E-state index contributed by atoms with van der Waals surface area (Å²) >= 11 is 0. The van der Waals surface area contributed by atoms with Gasteiger partial charge in [0.05, 0.1) is 7.11 Å². The number of ether oxygens (including phenoxy) is 1. The highest BCUT2D eigenvalue weighted by Crippen LogP contribution is 2.17. The van der Waals surface area contributed by atoms with E-state index in [-0.39, 0.29) is 0 Å². The minimum Gasteiger partial charge on any atom is -0.497 e. The second-order valence-corrected chi connectivity index (χ2v) is 8.10. The van der Waals surface area contributed by atoms with Crippen LogP contribution in [0.4, 0.5) is 0 Å². The van der Waals surface area contributed by atoms with Crippen molar-refractivity contribution in [3.8, 4) is 5.75 Å². The minimum atomic E-state index is -3.38. The first-order chi connectivity index (χ1) is 12.6. The van der Waals surface area contributed by atoms with E-state index in [4.69, 9.17) is 4.74 Å². The van der Waals surface area contributed by atoms with Gasteiger partial charge in [0.2, 0.25) is 10.0 Å². The van der Waals surface area contributed by atoms with Gasteiger partial charge in [-0.2, -0.15) is 4.31 Å². The molecule has 0 saturated carbocycles. The van der Waals surface area contributed by atoms with E-state index in [2.05, 4.69) is 11.0 Å². The first-order valence-corrected chi connectivity index (χ1v) is 10.2. The molecule has 0 aromatic heterocycles. The van der Waals surface area contributed by atoms with Gasteiger partial charge in [0, 0.05) is 38.1 Å². The number of sulfonamides is 1. The van der Waals surface area contributed by atoms with E-state index in [0.29, 0.717) is 13.1 Å². The van der Waals surface area contributed by atoms with Gasteiger partial charge >= 0.3 is 0 Å². The molecule has 1 heterocycles. The fourth-order valence-electron chi connectivity index (χ4n) is 2.99. The van der Waals surface area contributed by atoms with Gasteiger partial charge in [0.15, 0.2) is 0 Å². The third kappa shape index (κ3) is 4.94. The lowest BCUT2D eigenvalue weighted by molar-refractivity contribution is 0.182. The van der Waals surface area contributed by atoms with Gasteiger partial charge in [-0.05, 0) is 29.3 Å². The van der Waals surface area contributed by atoms with Crippen molar-refractivity contribution >= 4 is 16.1 Å². The van der Waals surface area contributed by atoms with Crippen molar-refractivity contribution in [3.05, 3.63) is 71.1 Å².